The Morgan fingerprint density at radius 1 is 1.26 bits per heavy atom. The van der Waals surface area contributed by atoms with Crippen LogP contribution in [-0.4, -0.2) is 13.2 Å². The number of nitrogens with two attached hydrogens (primary N) is 1. The first-order chi connectivity index (χ1) is 9.21. The number of ether oxygens (including phenoxy) is 2. The number of benzene rings is 1. The summed E-state index contributed by atoms with van der Waals surface area (Å²) < 4.78 is 11.2. The molecule has 0 aromatic heterocycles. The van der Waals surface area contributed by atoms with E-state index in [4.69, 9.17) is 15.3 Å². The largest absolute Gasteiger partial charge is 0.490 e. The summed E-state index contributed by atoms with van der Waals surface area (Å²) in [6, 6.07) is 6.29. The molecule has 1 aliphatic rings. The first kappa shape index (κ1) is 14.2. The molecule has 0 spiro atoms. The van der Waals surface area contributed by atoms with Gasteiger partial charge in [-0.1, -0.05) is 13.0 Å². The van der Waals surface area contributed by atoms with Crippen molar-refractivity contribution in [2.45, 2.75) is 33.2 Å². The molecular formula is C15H24N2O2. The van der Waals surface area contributed by atoms with Crippen molar-refractivity contribution in [2.75, 3.05) is 13.2 Å². The van der Waals surface area contributed by atoms with E-state index in [1.807, 2.05) is 26.0 Å². The second kappa shape index (κ2) is 6.26. The minimum Gasteiger partial charge on any atom is -0.490 e. The predicted octanol–water partition coefficient (Wildman–Crippen LogP) is 2.64. The predicted molar refractivity (Wildman–Crippen MR) is 76.1 cm³/mol. The van der Waals surface area contributed by atoms with Crippen LogP contribution < -0.4 is 20.7 Å². The molecule has 0 saturated heterocycles. The number of nitrogens with one attached hydrogen (secondary N) is 1. The van der Waals surface area contributed by atoms with Crippen molar-refractivity contribution in [3.8, 4) is 11.5 Å². The van der Waals surface area contributed by atoms with Gasteiger partial charge in [0.25, 0.3) is 0 Å². The van der Waals surface area contributed by atoms with Crippen LogP contribution in [0.2, 0.25) is 0 Å². The molecule has 0 heterocycles. The molecule has 106 valence electrons. The summed E-state index contributed by atoms with van der Waals surface area (Å²) >= 11 is 0. The van der Waals surface area contributed by atoms with Crippen molar-refractivity contribution in [2.24, 2.45) is 17.7 Å². The van der Waals surface area contributed by atoms with Crippen LogP contribution in [0, 0.1) is 11.8 Å². The minimum atomic E-state index is 0.199. The highest BCUT2D eigenvalue weighted by atomic mass is 16.5. The summed E-state index contributed by atoms with van der Waals surface area (Å²) in [5, 5.41) is 0. The van der Waals surface area contributed by atoms with Crippen molar-refractivity contribution < 1.29 is 9.47 Å². The summed E-state index contributed by atoms with van der Waals surface area (Å²) in [6.45, 7) is 7.47. The molecule has 1 saturated carbocycles. The van der Waals surface area contributed by atoms with Crippen LogP contribution in [0.5, 0.6) is 11.5 Å². The summed E-state index contributed by atoms with van der Waals surface area (Å²) in [6.07, 6.45) is 1.23. The zero-order chi connectivity index (χ0) is 13.8. The van der Waals surface area contributed by atoms with Crippen LogP contribution in [-0.2, 0) is 0 Å². The van der Waals surface area contributed by atoms with E-state index in [-0.39, 0.29) is 6.04 Å². The highest BCUT2D eigenvalue weighted by Crippen LogP contribution is 2.47. The molecule has 1 aromatic rings. The van der Waals surface area contributed by atoms with Gasteiger partial charge in [0.1, 0.15) is 0 Å². The van der Waals surface area contributed by atoms with Crippen molar-refractivity contribution in [3.05, 3.63) is 23.8 Å². The molecule has 0 radical (unpaired) electrons. The van der Waals surface area contributed by atoms with Gasteiger partial charge in [-0.25, -0.2) is 0 Å². The Morgan fingerprint density at radius 3 is 2.42 bits per heavy atom. The lowest BCUT2D eigenvalue weighted by Crippen LogP contribution is -2.29. The maximum absolute atomic E-state index is 5.71. The molecule has 3 atom stereocenters. The van der Waals surface area contributed by atoms with Gasteiger partial charge < -0.3 is 9.47 Å². The SMILES string of the molecule is CCOc1ccc(C(NN)C2CC2C)cc1OCC. The minimum absolute atomic E-state index is 0.199. The summed E-state index contributed by atoms with van der Waals surface area (Å²) in [4.78, 5) is 0. The molecule has 3 N–H and O–H groups in total. The quantitative estimate of drug-likeness (QED) is 0.587. The van der Waals surface area contributed by atoms with E-state index < -0.39 is 0 Å². The fourth-order valence-electron chi connectivity index (χ4n) is 2.54. The van der Waals surface area contributed by atoms with Gasteiger partial charge in [-0.2, -0.15) is 0 Å². The molecule has 1 fully saturated rings. The molecule has 4 nitrogen and oxygen atoms in total. The molecule has 0 bridgehead atoms. The van der Waals surface area contributed by atoms with Crippen molar-refractivity contribution in [3.63, 3.8) is 0 Å². The van der Waals surface area contributed by atoms with Crippen molar-refractivity contribution >= 4 is 0 Å². The third-order valence-electron chi connectivity index (χ3n) is 3.71. The lowest BCUT2D eigenvalue weighted by molar-refractivity contribution is 0.287. The van der Waals surface area contributed by atoms with E-state index in [1.165, 1.54) is 12.0 Å². The van der Waals surface area contributed by atoms with Gasteiger partial charge >= 0.3 is 0 Å². The molecule has 2 rings (SSSR count). The van der Waals surface area contributed by atoms with E-state index in [1.54, 1.807) is 0 Å². The molecule has 0 amide bonds. The van der Waals surface area contributed by atoms with E-state index >= 15 is 0 Å². The van der Waals surface area contributed by atoms with Gasteiger partial charge in [0, 0.05) is 6.04 Å². The Hall–Kier alpha value is -1.26. The first-order valence-corrected chi connectivity index (χ1v) is 7.06. The van der Waals surface area contributed by atoms with E-state index in [0.29, 0.717) is 19.1 Å². The zero-order valence-electron chi connectivity index (χ0n) is 12.0. The molecule has 1 aliphatic carbocycles. The molecular weight excluding hydrogens is 240 g/mol. The first-order valence-electron chi connectivity index (χ1n) is 7.06. The molecule has 19 heavy (non-hydrogen) atoms. The average Bonchev–Trinajstić information content (AvgIpc) is 3.11. The molecule has 3 unspecified atom stereocenters. The van der Waals surface area contributed by atoms with Crippen molar-refractivity contribution in [1.82, 2.24) is 5.43 Å². The van der Waals surface area contributed by atoms with E-state index in [0.717, 1.165) is 17.4 Å². The van der Waals surface area contributed by atoms with Gasteiger partial charge in [0.15, 0.2) is 11.5 Å². The van der Waals surface area contributed by atoms with E-state index in [2.05, 4.69) is 18.4 Å². The summed E-state index contributed by atoms with van der Waals surface area (Å²) in [5.41, 5.74) is 4.11. The van der Waals surface area contributed by atoms with Crippen LogP contribution in [0.1, 0.15) is 38.8 Å². The lowest BCUT2D eigenvalue weighted by atomic mass is 10.0. The Balaban J connectivity index is 2.23. The topological polar surface area (TPSA) is 56.5 Å². The highest BCUT2D eigenvalue weighted by molar-refractivity contribution is 5.44. The van der Waals surface area contributed by atoms with Crippen LogP contribution in [0.15, 0.2) is 18.2 Å². The smallest absolute Gasteiger partial charge is 0.161 e. The third-order valence-corrected chi connectivity index (χ3v) is 3.71. The fraction of sp³-hybridized carbons (Fsp3) is 0.600. The van der Waals surface area contributed by atoms with Crippen LogP contribution >= 0.6 is 0 Å². The van der Waals surface area contributed by atoms with Crippen LogP contribution in [0.3, 0.4) is 0 Å². The zero-order valence-corrected chi connectivity index (χ0v) is 12.0. The van der Waals surface area contributed by atoms with Gasteiger partial charge in [-0.05, 0) is 49.8 Å². The second-order valence-electron chi connectivity index (χ2n) is 5.09. The Morgan fingerprint density at radius 2 is 1.89 bits per heavy atom. The maximum atomic E-state index is 5.71. The average molecular weight is 264 g/mol. The van der Waals surface area contributed by atoms with Crippen LogP contribution in [0.25, 0.3) is 0 Å². The normalized spacial score (nSPS) is 22.9. The second-order valence-corrected chi connectivity index (χ2v) is 5.09. The van der Waals surface area contributed by atoms with Gasteiger partial charge in [-0.15, -0.1) is 0 Å². The standard InChI is InChI=1S/C15H24N2O2/c1-4-18-13-7-6-11(9-14(13)19-5-2)15(17-16)12-8-10(12)3/h6-7,9-10,12,15,17H,4-5,8,16H2,1-3H3. The van der Waals surface area contributed by atoms with Crippen molar-refractivity contribution in [1.29, 1.82) is 0 Å². The summed E-state index contributed by atoms with van der Waals surface area (Å²) in [5.74, 6) is 8.67. The lowest BCUT2D eigenvalue weighted by Gasteiger charge is -2.19. The molecule has 4 heteroatoms. The Bertz CT molecular complexity index is 423. The molecule has 1 aromatic carbocycles. The van der Waals surface area contributed by atoms with Crippen LogP contribution in [0.4, 0.5) is 0 Å². The maximum Gasteiger partial charge on any atom is 0.161 e. The van der Waals surface area contributed by atoms with Gasteiger partial charge in [0.2, 0.25) is 0 Å². The highest BCUT2D eigenvalue weighted by Gasteiger charge is 2.39. The Kier molecular flexibility index (Phi) is 4.66. The number of rotatable bonds is 7. The fourth-order valence-corrected chi connectivity index (χ4v) is 2.54. The number of hydrogen-bond donors (Lipinski definition) is 2. The Labute approximate surface area is 115 Å². The van der Waals surface area contributed by atoms with E-state index in [9.17, 15) is 0 Å². The number of hydrogen-bond acceptors (Lipinski definition) is 4. The monoisotopic (exact) mass is 264 g/mol. The third kappa shape index (κ3) is 3.19. The van der Waals surface area contributed by atoms with Gasteiger partial charge in [0.05, 0.1) is 13.2 Å². The molecule has 0 aliphatic heterocycles. The van der Waals surface area contributed by atoms with Gasteiger partial charge in [-0.3, -0.25) is 11.3 Å². The summed E-state index contributed by atoms with van der Waals surface area (Å²) in [7, 11) is 0. The number of hydrazine groups is 1.